The van der Waals surface area contributed by atoms with Gasteiger partial charge in [0.15, 0.2) is 5.96 Å². The molecule has 1 heterocycles. The molecule has 0 aliphatic carbocycles. The zero-order valence-corrected chi connectivity index (χ0v) is 13.6. The zero-order chi connectivity index (χ0) is 15.2. The predicted molar refractivity (Wildman–Crippen MR) is 82.3 cm³/mol. The van der Waals surface area contributed by atoms with Gasteiger partial charge >= 0.3 is 0 Å². The second-order valence-corrected chi connectivity index (χ2v) is 7.11. The van der Waals surface area contributed by atoms with Crippen LogP contribution in [-0.4, -0.2) is 50.2 Å². The highest BCUT2D eigenvalue weighted by molar-refractivity contribution is 7.89. The quantitative estimate of drug-likeness (QED) is 0.574. The lowest BCUT2D eigenvalue weighted by Gasteiger charge is -2.21. The maximum atomic E-state index is 10.9. The molecule has 0 aliphatic rings. The highest BCUT2D eigenvalue weighted by Crippen LogP contribution is 2.09. The van der Waals surface area contributed by atoms with Crippen molar-refractivity contribution >= 4 is 27.3 Å². The molecule has 0 bridgehead atoms. The molecule has 20 heavy (non-hydrogen) atoms. The van der Waals surface area contributed by atoms with Gasteiger partial charge in [-0.3, -0.25) is 4.99 Å². The number of nitrogens with zero attached hydrogens (tertiary/aromatic N) is 3. The minimum atomic E-state index is -3.48. The summed E-state index contributed by atoms with van der Waals surface area (Å²) in [4.78, 5) is 10.5. The molecule has 0 amide bonds. The molecule has 0 aromatic carbocycles. The van der Waals surface area contributed by atoms with Gasteiger partial charge in [0.1, 0.15) is 0 Å². The van der Waals surface area contributed by atoms with Gasteiger partial charge in [-0.15, -0.1) is 11.3 Å². The first-order chi connectivity index (χ1) is 9.31. The number of rotatable bonds is 6. The number of primary sulfonamides is 1. The fourth-order valence-corrected chi connectivity index (χ4v) is 2.50. The average molecular weight is 319 g/mol. The Kier molecular flexibility index (Phi) is 6.37. The Labute approximate surface area is 124 Å². The minimum absolute atomic E-state index is 0.140. The third kappa shape index (κ3) is 6.31. The fourth-order valence-electron chi connectivity index (χ4n) is 1.55. The predicted octanol–water partition coefficient (Wildman–Crippen LogP) is 0.137. The van der Waals surface area contributed by atoms with E-state index in [-0.39, 0.29) is 12.3 Å². The van der Waals surface area contributed by atoms with Crippen molar-refractivity contribution in [3.63, 3.8) is 0 Å². The monoisotopic (exact) mass is 319 g/mol. The van der Waals surface area contributed by atoms with E-state index in [0.717, 1.165) is 10.7 Å². The van der Waals surface area contributed by atoms with Crippen LogP contribution in [0, 0.1) is 6.92 Å². The maximum absolute atomic E-state index is 10.9. The Morgan fingerprint density at radius 3 is 2.80 bits per heavy atom. The lowest BCUT2D eigenvalue weighted by molar-refractivity contribution is 0.471. The summed E-state index contributed by atoms with van der Waals surface area (Å²) >= 11 is 1.60. The SMILES string of the molecule is CCNC(=NCCS(N)(=O)=O)N(C)Cc1csc(C)n1. The van der Waals surface area contributed by atoms with Crippen molar-refractivity contribution < 1.29 is 8.42 Å². The Morgan fingerprint density at radius 2 is 2.30 bits per heavy atom. The number of aromatic nitrogens is 1. The number of thiazole rings is 1. The number of guanidine groups is 1. The van der Waals surface area contributed by atoms with E-state index in [0.29, 0.717) is 19.0 Å². The van der Waals surface area contributed by atoms with Crippen molar-refractivity contribution in [3.8, 4) is 0 Å². The molecule has 9 heteroatoms. The normalized spacial score (nSPS) is 12.5. The Balaban J connectivity index is 2.66. The van der Waals surface area contributed by atoms with Crippen molar-refractivity contribution in [2.75, 3.05) is 25.9 Å². The van der Waals surface area contributed by atoms with Gasteiger partial charge in [0.2, 0.25) is 10.0 Å². The van der Waals surface area contributed by atoms with Gasteiger partial charge in [-0.05, 0) is 13.8 Å². The van der Waals surface area contributed by atoms with Gasteiger partial charge in [-0.2, -0.15) is 0 Å². The topological polar surface area (TPSA) is 101 Å². The first-order valence-electron chi connectivity index (χ1n) is 6.22. The van der Waals surface area contributed by atoms with Gasteiger partial charge < -0.3 is 10.2 Å². The van der Waals surface area contributed by atoms with Crippen LogP contribution in [0.1, 0.15) is 17.6 Å². The van der Waals surface area contributed by atoms with Gasteiger partial charge in [0.25, 0.3) is 0 Å². The van der Waals surface area contributed by atoms with Crippen molar-refractivity contribution in [2.45, 2.75) is 20.4 Å². The van der Waals surface area contributed by atoms with Crippen molar-refractivity contribution in [2.24, 2.45) is 10.1 Å². The molecule has 0 saturated heterocycles. The summed E-state index contributed by atoms with van der Waals surface area (Å²) in [7, 11) is -1.60. The van der Waals surface area contributed by atoms with E-state index in [1.807, 2.05) is 31.2 Å². The molecule has 0 aliphatic heterocycles. The summed E-state index contributed by atoms with van der Waals surface area (Å²) in [6.45, 7) is 5.37. The van der Waals surface area contributed by atoms with Crippen LogP contribution >= 0.6 is 11.3 Å². The molecule has 1 rings (SSSR count). The molecule has 0 saturated carbocycles. The Hall–Kier alpha value is -1.19. The van der Waals surface area contributed by atoms with Crippen LogP contribution in [0.2, 0.25) is 0 Å². The van der Waals surface area contributed by atoms with Gasteiger partial charge in [0.05, 0.1) is 29.5 Å². The standard InChI is InChI=1S/C11H21N5O2S2/c1-4-13-11(14-5-6-20(12,17)18)16(3)7-10-8-19-9(2)15-10/h8H,4-7H2,1-3H3,(H,13,14)(H2,12,17,18). The molecule has 7 nitrogen and oxygen atoms in total. The van der Waals surface area contributed by atoms with Crippen LogP contribution < -0.4 is 10.5 Å². The highest BCUT2D eigenvalue weighted by atomic mass is 32.2. The summed E-state index contributed by atoms with van der Waals surface area (Å²) in [5.41, 5.74) is 0.965. The Morgan fingerprint density at radius 1 is 1.60 bits per heavy atom. The van der Waals surface area contributed by atoms with E-state index in [1.54, 1.807) is 11.3 Å². The van der Waals surface area contributed by atoms with Gasteiger partial charge in [-0.25, -0.2) is 18.5 Å². The van der Waals surface area contributed by atoms with Crippen LogP contribution in [-0.2, 0) is 16.6 Å². The molecule has 1 aromatic heterocycles. The fraction of sp³-hybridized carbons (Fsp3) is 0.636. The molecule has 0 unspecified atom stereocenters. The van der Waals surface area contributed by atoms with E-state index in [9.17, 15) is 8.42 Å². The molecule has 0 radical (unpaired) electrons. The highest BCUT2D eigenvalue weighted by Gasteiger charge is 2.09. The number of aliphatic imine (C=N–C) groups is 1. The van der Waals surface area contributed by atoms with Crippen molar-refractivity contribution in [1.29, 1.82) is 0 Å². The summed E-state index contributed by atoms with van der Waals surface area (Å²) in [6, 6.07) is 0. The first kappa shape index (κ1) is 16.9. The summed E-state index contributed by atoms with van der Waals surface area (Å²) in [5.74, 6) is 0.479. The smallest absolute Gasteiger partial charge is 0.210 e. The van der Waals surface area contributed by atoms with Gasteiger partial charge in [0, 0.05) is 19.0 Å². The average Bonchev–Trinajstić information content (AvgIpc) is 2.72. The van der Waals surface area contributed by atoms with E-state index in [1.165, 1.54) is 0 Å². The van der Waals surface area contributed by atoms with Crippen LogP contribution in [0.3, 0.4) is 0 Å². The molecule has 0 spiro atoms. The summed E-state index contributed by atoms with van der Waals surface area (Å²) in [6.07, 6.45) is 0. The molecular formula is C11H21N5O2S2. The van der Waals surface area contributed by atoms with E-state index in [2.05, 4.69) is 15.3 Å². The third-order valence-corrected chi connectivity index (χ3v) is 3.97. The van der Waals surface area contributed by atoms with E-state index >= 15 is 0 Å². The zero-order valence-electron chi connectivity index (χ0n) is 12.0. The summed E-state index contributed by atoms with van der Waals surface area (Å²) < 4.78 is 21.8. The molecule has 1 aromatic rings. The van der Waals surface area contributed by atoms with Gasteiger partial charge in [-0.1, -0.05) is 0 Å². The lowest BCUT2D eigenvalue weighted by atomic mass is 10.4. The number of hydrogen-bond donors (Lipinski definition) is 2. The number of hydrogen-bond acceptors (Lipinski definition) is 5. The van der Waals surface area contributed by atoms with Crippen molar-refractivity contribution in [1.82, 2.24) is 15.2 Å². The molecule has 0 fully saturated rings. The first-order valence-corrected chi connectivity index (χ1v) is 8.82. The molecule has 114 valence electrons. The van der Waals surface area contributed by atoms with Crippen LogP contribution in [0.4, 0.5) is 0 Å². The second-order valence-electron chi connectivity index (χ2n) is 4.32. The molecule has 3 N–H and O–H groups in total. The Bertz CT molecular complexity index is 553. The number of aryl methyl sites for hydroxylation is 1. The lowest BCUT2D eigenvalue weighted by Crippen LogP contribution is -2.39. The second kappa shape index (κ2) is 7.55. The van der Waals surface area contributed by atoms with Crippen LogP contribution in [0.5, 0.6) is 0 Å². The van der Waals surface area contributed by atoms with Crippen LogP contribution in [0.25, 0.3) is 0 Å². The van der Waals surface area contributed by atoms with Crippen LogP contribution in [0.15, 0.2) is 10.4 Å². The minimum Gasteiger partial charge on any atom is -0.357 e. The molecule has 0 atom stereocenters. The maximum Gasteiger partial charge on any atom is 0.210 e. The largest absolute Gasteiger partial charge is 0.357 e. The third-order valence-electron chi connectivity index (χ3n) is 2.40. The number of nitrogens with two attached hydrogens (primary N) is 1. The van der Waals surface area contributed by atoms with Crippen molar-refractivity contribution in [3.05, 3.63) is 16.1 Å². The van der Waals surface area contributed by atoms with E-state index < -0.39 is 10.0 Å². The summed E-state index contributed by atoms with van der Waals surface area (Å²) in [5, 5.41) is 11.1. The number of sulfonamides is 1. The van der Waals surface area contributed by atoms with E-state index in [4.69, 9.17) is 5.14 Å². The molecular weight excluding hydrogens is 298 g/mol. The number of nitrogens with one attached hydrogen (secondary N) is 1.